The minimum absolute atomic E-state index is 0.0359. The summed E-state index contributed by atoms with van der Waals surface area (Å²) in [6.07, 6.45) is -2.10. The Morgan fingerprint density at radius 1 is 1.29 bits per heavy atom. The maximum absolute atomic E-state index is 12.9. The molecule has 0 aliphatic rings. The maximum Gasteiger partial charge on any atom is 0.416 e. The molecule has 2 heterocycles. The molecule has 3 aromatic rings. The van der Waals surface area contributed by atoms with E-state index in [1.165, 1.54) is 24.4 Å². The van der Waals surface area contributed by atoms with E-state index in [0.717, 1.165) is 22.9 Å². The first-order valence-electron chi connectivity index (χ1n) is 9.23. The SMILES string of the molecule is [2H]C([2H])([2H])n1cc(C#Cc2ccc(C(F)(F)F)cc2)c2cc(NC(=O)C(=C)F)cnc21. The third kappa shape index (κ3) is 4.04. The number of halogens is 4. The number of anilines is 1. The topological polar surface area (TPSA) is 46.9 Å². The van der Waals surface area contributed by atoms with E-state index in [2.05, 4.69) is 28.7 Å². The number of carbonyl (C=O) groups is 1. The first kappa shape index (κ1) is 15.5. The second-order valence-electron chi connectivity index (χ2n) is 5.69. The van der Waals surface area contributed by atoms with E-state index in [1.54, 1.807) is 0 Å². The van der Waals surface area contributed by atoms with Crippen LogP contribution in [0.15, 0.2) is 55.1 Å². The highest BCUT2D eigenvalue weighted by molar-refractivity contribution is 6.02. The molecule has 1 aromatic carbocycles. The summed E-state index contributed by atoms with van der Waals surface area (Å²) in [7, 11) is 0. The number of hydrogen-bond donors (Lipinski definition) is 1. The van der Waals surface area contributed by atoms with Crippen LogP contribution in [0.25, 0.3) is 11.0 Å². The highest BCUT2D eigenvalue weighted by Gasteiger charge is 2.29. The highest BCUT2D eigenvalue weighted by atomic mass is 19.4. The van der Waals surface area contributed by atoms with Crippen molar-refractivity contribution in [3.8, 4) is 11.8 Å². The number of nitrogens with zero attached hydrogens (tertiary/aromatic N) is 2. The van der Waals surface area contributed by atoms with Crippen molar-refractivity contribution in [3.63, 3.8) is 0 Å². The van der Waals surface area contributed by atoms with Gasteiger partial charge in [-0.25, -0.2) is 9.37 Å². The molecule has 0 spiro atoms. The molecule has 0 unspecified atom stereocenters. The molecule has 142 valence electrons. The molecule has 0 radical (unpaired) electrons. The number of benzene rings is 1. The van der Waals surface area contributed by atoms with Crippen LogP contribution in [0.2, 0.25) is 0 Å². The lowest BCUT2D eigenvalue weighted by molar-refractivity contribution is -0.137. The van der Waals surface area contributed by atoms with Gasteiger partial charge >= 0.3 is 6.18 Å². The smallest absolute Gasteiger partial charge is 0.334 e. The molecule has 0 aliphatic carbocycles. The van der Waals surface area contributed by atoms with Gasteiger partial charge in [-0.1, -0.05) is 18.4 Å². The lowest BCUT2D eigenvalue weighted by atomic mass is 10.1. The summed E-state index contributed by atoms with van der Waals surface area (Å²) in [6.45, 7) is 0.296. The van der Waals surface area contributed by atoms with Crippen LogP contribution in [0.5, 0.6) is 0 Å². The van der Waals surface area contributed by atoms with Crippen molar-refractivity contribution in [3.05, 3.63) is 71.8 Å². The molecule has 1 N–H and O–H groups in total. The first-order chi connectivity index (χ1) is 14.4. The van der Waals surface area contributed by atoms with E-state index in [0.29, 0.717) is 0 Å². The van der Waals surface area contributed by atoms with Gasteiger partial charge in [0.25, 0.3) is 5.91 Å². The van der Waals surface area contributed by atoms with Crippen LogP contribution in [0, 0.1) is 11.8 Å². The van der Waals surface area contributed by atoms with E-state index in [1.807, 2.05) is 0 Å². The Hall–Kier alpha value is -3.60. The fourth-order valence-corrected chi connectivity index (χ4v) is 2.36. The standard InChI is InChI=1S/C20H13F4N3O/c1-12(21)19(28)26-16-9-17-14(11-27(2)18(17)25-10-16)6-3-13-4-7-15(8-5-13)20(22,23)24/h4-5,7-11H,1H2,2H3,(H,26,28)/i2D3. The molecule has 0 fully saturated rings. The van der Waals surface area contributed by atoms with Gasteiger partial charge in [-0.2, -0.15) is 13.2 Å². The van der Waals surface area contributed by atoms with Crippen molar-refractivity contribution >= 4 is 22.6 Å². The lowest BCUT2D eigenvalue weighted by Crippen LogP contribution is -2.11. The zero-order valence-electron chi connectivity index (χ0n) is 17.1. The highest BCUT2D eigenvalue weighted by Crippen LogP contribution is 2.29. The second-order valence-corrected chi connectivity index (χ2v) is 5.69. The largest absolute Gasteiger partial charge is 0.416 e. The second kappa shape index (κ2) is 7.19. The van der Waals surface area contributed by atoms with Crippen LogP contribution in [-0.4, -0.2) is 15.5 Å². The van der Waals surface area contributed by atoms with Gasteiger partial charge in [-0.3, -0.25) is 4.79 Å². The molecule has 1 amide bonds. The van der Waals surface area contributed by atoms with Crippen molar-refractivity contribution in [1.29, 1.82) is 0 Å². The molecule has 2 aromatic heterocycles. The Morgan fingerprint density at radius 2 is 2.00 bits per heavy atom. The summed E-state index contributed by atoms with van der Waals surface area (Å²) in [5.41, 5.74) is -0.232. The quantitative estimate of drug-likeness (QED) is 0.400. The number of alkyl halides is 3. The number of rotatable bonds is 2. The molecule has 0 atom stereocenters. The molecular weight excluding hydrogens is 374 g/mol. The molecule has 0 aliphatic heterocycles. The minimum Gasteiger partial charge on any atom is -0.334 e. The number of carbonyl (C=O) groups excluding carboxylic acids is 1. The monoisotopic (exact) mass is 390 g/mol. The van der Waals surface area contributed by atoms with Crippen LogP contribution in [0.4, 0.5) is 23.2 Å². The minimum atomic E-state index is -4.48. The van der Waals surface area contributed by atoms with Crippen molar-refractivity contribution in [2.75, 3.05) is 5.32 Å². The summed E-state index contributed by atoms with van der Waals surface area (Å²) in [5.74, 6) is 3.07. The molecule has 4 nitrogen and oxygen atoms in total. The molecule has 3 rings (SSSR count). The van der Waals surface area contributed by atoms with Gasteiger partial charge in [0.1, 0.15) is 5.65 Å². The summed E-state index contributed by atoms with van der Waals surface area (Å²) in [6, 6.07) is 5.51. The average Bonchev–Trinajstić information content (AvgIpc) is 3.04. The van der Waals surface area contributed by atoms with E-state index in [-0.39, 0.29) is 27.8 Å². The Labute approximate surface area is 161 Å². The van der Waals surface area contributed by atoms with Crippen molar-refractivity contribution in [2.45, 2.75) is 6.18 Å². The third-order valence-corrected chi connectivity index (χ3v) is 3.70. The van der Waals surface area contributed by atoms with Crippen molar-refractivity contribution in [1.82, 2.24) is 9.55 Å². The molecular formula is C20H13F4N3O. The number of hydrogen-bond acceptors (Lipinski definition) is 2. The Kier molecular flexibility index (Phi) is 3.97. The molecule has 0 saturated heterocycles. The molecule has 28 heavy (non-hydrogen) atoms. The molecule has 0 bridgehead atoms. The van der Waals surface area contributed by atoms with Gasteiger partial charge in [0.2, 0.25) is 0 Å². The normalized spacial score (nSPS) is 13.1. The zero-order valence-corrected chi connectivity index (χ0v) is 14.1. The van der Waals surface area contributed by atoms with Gasteiger partial charge in [-0.05, 0) is 30.3 Å². The van der Waals surface area contributed by atoms with Crippen LogP contribution in [-0.2, 0) is 17.9 Å². The predicted molar refractivity (Wildman–Crippen MR) is 97.0 cm³/mol. The lowest BCUT2D eigenvalue weighted by Gasteiger charge is -2.05. The van der Waals surface area contributed by atoms with Gasteiger partial charge < -0.3 is 9.88 Å². The van der Waals surface area contributed by atoms with Crippen LogP contribution in [0.1, 0.15) is 20.8 Å². The molecule has 0 saturated carbocycles. The van der Waals surface area contributed by atoms with Crippen LogP contribution in [0.3, 0.4) is 0 Å². The Bertz CT molecular complexity index is 1230. The van der Waals surface area contributed by atoms with Gasteiger partial charge in [-0.15, -0.1) is 0 Å². The van der Waals surface area contributed by atoms with E-state index < -0.39 is 30.4 Å². The Balaban J connectivity index is 2.06. The number of aryl methyl sites for hydroxylation is 1. The first-order valence-corrected chi connectivity index (χ1v) is 7.73. The van der Waals surface area contributed by atoms with E-state index in [9.17, 15) is 22.4 Å². The van der Waals surface area contributed by atoms with Crippen molar-refractivity contribution in [2.24, 2.45) is 6.98 Å². The predicted octanol–water partition coefficient (Wildman–Crippen LogP) is 4.41. The maximum atomic E-state index is 12.9. The molecule has 8 heteroatoms. The van der Waals surface area contributed by atoms with Gasteiger partial charge in [0.15, 0.2) is 5.83 Å². The number of amides is 1. The number of nitrogens with one attached hydrogen (secondary N) is 1. The zero-order chi connectivity index (χ0) is 23.0. The van der Waals surface area contributed by atoms with E-state index >= 15 is 0 Å². The number of aromatic nitrogens is 2. The van der Waals surface area contributed by atoms with E-state index in [4.69, 9.17) is 4.11 Å². The summed E-state index contributed by atoms with van der Waals surface area (Å²) >= 11 is 0. The number of pyridine rings is 1. The third-order valence-electron chi connectivity index (χ3n) is 3.70. The fourth-order valence-electron chi connectivity index (χ4n) is 2.36. The van der Waals surface area contributed by atoms with Crippen LogP contribution < -0.4 is 5.32 Å². The Morgan fingerprint density at radius 3 is 2.61 bits per heavy atom. The summed E-state index contributed by atoms with van der Waals surface area (Å²) < 4.78 is 74.8. The van der Waals surface area contributed by atoms with Gasteiger partial charge in [0.05, 0.1) is 23.0 Å². The summed E-state index contributed by atoms with van der Waals surface area (Å²) in [4.78, 5) is 15.5. The van der Waals surface area contributed by atoms with Crippen molar-refractivity contribution < 1.29 is 26.5 Å². The fraction of sp³-hybridized carbons (Fsp3) is 0.100. The van der Waals surface area contributed by atoms with Gasteiger partial charge in [0, 0.05) is 28.2 Å². The van der Waals surface area contributed by atoms with Crippen LogP contribution >= 0.6 is 0 Å². The summed E-state index contributed by atoms with van der Waals surface area (Å²) in [5, 5.41) is 2.47. The number of fused-ring (bicyclic) bond motifs is 1. The average molecular weight is 390 g/mol.